The molecule has 0 radical (unpaired) electrons. The molecule has 5 rings (SSSR count). The Balaban J connectivity index is 1.47. The molecular weight excluding hydrogens is 502 g/mol. The smallest absolute Gasteiger partial charge is 0.347 e. The van der Waals surface area contributed by atoms with Crippen LogP contribution >= 0.6 is 11.3 Å². The molecule has 1 saturated heterocycles. The van der Waals surface area contributed by atoms with E-state index in [-0.39, 0.29) is 4.88 Å². The Morgan fingerprint density at radius 2 is 1.81 bits per heavy atom. The van der Waals surface area contributed by atoms with Gasteiger partial charge in [0.15, 0.2) is 15.0 Å². The Morgan fingerprint density at radius 1 is 1.11 bits per heavy atom. The molecule has 0 atom stereocenters. The maximum atomic E-state index is 11.8. The van der Waals surface area contributed by atoms with Gasteiger partial charge >= 0.3 is 5.97 Å². The molecule has 1 fully saturated rings. The molecule has 3 aromatic rings. The molecule has 190 valence electrons. The van der Waals surface area contributed by atoms with E-state index in [0.29, 0.717) is 28.2 Å². The van der Waals surface area contributed by atoms with Gasteiger partial charge < -0.3 is 20.2 Å². The summed E-state index contributed by atoms with van der Waals surface area (Å²) in [6.45, 7) is 6.40. The van der Waals surface area contributed by atoms with Crippen molar-refractivity contribution in [3.05, 3.63) is 46.0 Å². The van der Waals surface area contributed by atoms with Gasteiger partial charge in [-0.1, -0.05) is 23.5 Å². The lowest BCUT2D eigenvalue weighted by molar-refractivity contribution is 0.0701. The zero-order valence-corrected chi connectivity index (χ0v) is 21.6. The number of carboxylic acids is 1. The molecule has 3 N–H and O–H groups in total. The molecular formula is C23H27N7O4S2. The van der Waals surface area contributed by atoms with Crippen molar-refractivity contribution in [3.63, 3.8) is 0 Å². The molecule has 0 unspecified atom stereocenters. The van der Waals surface area contributed by atoms with Crippen LogP contribution in [0.2, 0.25) is 0 Å². The van der Waals surface area contributed by atoms with Crippen molar-refractivity contribution in [2.24, 2.45) is 0 Å². The van der Waals surface area contributed by atoms with Gasteiger partial charge in [-0.3, -0.25) is 5.32 Å². The predicted molar refractivity (Wildman–Crippen MR) is 139 cm³/mol. The van der Waals surface area contributed by atoms with Crippen molar-refractivity contribution in [1.82, 2.24) is 20.3 Å². The lowest BCUT2D eigenvalue weighted by Crippen LogP contribution is -2.44. The molecule has 0 aliphatic carbocycles. The lowest BCUT2D eigenvalue weighted by atomic mass is 10.2. The van der Waals surface area contributed by atoms with E-state index in [1.165, 1.54) is 6.26 Å². The summed E-state index contributed by atoms with van der Waals surface area (Å²) in [7, 11) is -3.25. The number of aryl methyl sites for hydroxylation is 1. The number of hydrogen-bond acceptors (Lipinski definition) is 11. The molecule has 13 heteroatoms. The number of nitrogens with one attached hydrogen (secondary N) is 2. The highest BCUT2D eigenvalue weighted by molar-refractivity contribution is 7.90. The third-order valence-corrected chi connectivity index (χ3v) is 8.44. The second-order valence-electron chi connectivity index (χ2n) is 8.86. The molecule has 0 bridgehead atoms. The quantitative estimate of drug-likeness (QED) is 0.414. The molecule has 2 aliphatic heterocycles. The predicted octanol–water partition coefficient (Wildman–Crippen LogP) is 2.06. The van der Waals surface area contributed by atoms with E-state index in [0.717, 1.165) is 73.2 Å². The van der Waals surface area contributed by atoms with E-state index >= 15 is 0 Å². The molecule has 0 spiro atoms. The van der Waals surface area contributed by atoms with Crippen LogP contribution in [-0.2, 0) is 22.8 Å². The number of thiazole rings is 1. The minimum atomic E-state index is -3.25. The lowest BCUT2D eigenvalue weighted by Gasteiger charge is -2.30. The van der Waals surface area contributed by atoms with Crippen LogP contribution in [0.4, 0.5) is 22.7 Å². The van der Waals surface area contributed by atoms with Gasteiger partial charge in [-0.15, -0.1) is 0 Å². The standard InChI is InChI=1S/C23H27N7O4S2/c1-14-18(21(31)32)35-23(25-14)28-22-26-19(29-11-8-24-9-12-29)17-7-10-30(20(17)27-22)13-15-3-5-16(6-4-15)36(2,33)34/h3-6,24H,7-13H2,1-2H3,(H,31,32)(H,25,26,27,28). The topological polar surface area (TPSA) is 141 Å². The molecule has 11 nitrogen and oxygen atoms in total. The Hall–Kier alpha value is -3.29. The third-order valence-electron chi connectivity index (χ3n) is 6.25. The highest BCUT2D eigenvalue weighted by Crippen LogP contribution is 2.36. The summed E-state index contributed by atoms with van der Waals surface area (Å²) in [5.74, 6) is 1.06. The van der Waals surface area contributed by atoms with E-state index in [2.05, 4.69) is 25.4 Å². The van der Waals surface area contributed by atoms with Gasteiger partial charge in [-0.2, -0.15) is 9.97 Å². The second kappa shape index (κ2) is 9.64. The van der Waals surface area contributed by atoms with Crippen LogP contribution in [0.3, 0.4) is 0 Å². The maximum absolute atomic E-state index is 11.8. The van der Waals surface area contributed by atoms with Crippen LogP contribution in [0.5, 0.6) is 0 Å². The van der Waals surface area contributed by atoms with E-state index in [1.807, 2.05) is 12.1 Å². The number of fused-ring (bicyclic) bond motifs is 1. The first kappa shape index (κ1) is 24.4. The first-order chi connectivity index (χ1) is 17.2. The van der Waals surface area contributed by atoms with Crippen molar-refractivity contribution in [3.8, 4) is 0 Å². The average molecular weight is 530 g/mol. The van der Waals surface area contributed by atoms with Crippen LogP contribution in [0.15, 0.2) is 29.2 Å². The number of aromatic carboxylic acids is 1. The summed E-state index contributed by atoms with van der Waals surface area (Å²) in [6, 6.07) is 6.92. The fourth-order valence-corrected chi connectivity index (χ4v) is 5.88. The molecule has 2 aliphatic rings. The molecule has 4 heterocycles. The summed E-state index contributed by atoms with van der Waals surface area (Å²) < 4.78 is 23.6. The fourth-order valence-electron chi connectivity index (χ4n) is 4.45. The molecule has 0 saturated carbocycles. The van der Waals surface area contributed by atoms with E-state index in [1.54, 1.807) is 19.1 Å². The summed E-state index contributed by atoms with van der Waals surface area (Å²) in [5, 5.41) is 16.3. The van der Waals surface area contributed by atoms with Gasteiger partial charge in [0.2, 0.25) is 5.95 Å². The number of sulfone groups is 1. The molecule has 1 aromatic carbocycles. The minimum absolute atomic E-state index is 0.181. The molecule has 2 aromatic heterocycles. The summed E-state index contributed by atoms with van der Waals surface area (Å²) in [4.78, 5) is 30.3. The van der Waals surface area contributed by atoms with Crippen molar-refractivity contribution in [2.75, 3.05) is 54.1 Å². The highest BCUT2D eigenvalue weighted by Gasteiger charge is 2.29. The number of nitrogens with zero attached hydrogens (tertiary/aromatic N) is 5. The van der Waals surface area contributed by atoms with Gasteiger partial charge in [0, 0.05) is 51.1 Å². The SMILES string of the molecule is Cc1nc(Nc2nc(N3CCNCC3)c3c(n2)N(Cc2ccc(S(C)(=O)=O)cc2)CC3)sc1C(=O)O. The summed E-state index contributed by atoms with van der Waals surface area (Å²) >= 11 is 1.06. The number of anilines is 4. The van der Waals surface area contributed by atoms with Gasteiger partial charge in [-0.25, -0.2) is 18.2 Å². The highest BCUT2D eigenvalue weighted by atomic mass is 32.2. The zero-order chi connectivity index (χ0) is 25.4. The van der Waals surface area contributed by atoms with Gasteiger partial charge in [-0.05, 0) is 31.0 Å². The number of rotatable bonds is 7. The van der Waals surface area contributed by atoms with Crippen LogP contribution in [0, 0.1) is 6.92 Å². The normalized spacial score (nSPS) is 15.7. The van der Waals surface area contributed by atoms with Gasteiger partial charge in [0.1, 0.15) is 16.5 Å². The first-order valence-corrected chi connectivity index (χ1v) is 14.3. The Kier molecular flexibility index (Phi) is 6.53. The summed E-state index contributed by atoms with van der Waals surface area (Å²) in [5.41, 5.74) is 2.50. The monoisotopic (exact) mass is 529 g/mol. The second-order valence-corrected chi connectivity index (χ2v) is 11.9. The number of carboxylic acid groups (broad SMARTS) is 1. The van der Waals surface area contributed by atoms with Crippen molar-refractivity contribution in [2.45, 2.75) is 24.8 Å². The fraction of sp³-hybridized carbons (Fsp3) is 0.391. The zero-order valence-electron chi connectivity index (χ0n) is 20.0. The number of piperazine rings is 1. The summed E-state index contributed by atoms with van der Waals surface area (Å²) in [6.07, 6.45) is 2.00. The van der Waals surface area contributed by atoms with E-state index in [9.17, 15) is 18.3 Å². The first-order valence-electron chi connectivity index (χ1n) is 11.6. The molecule has 0 amide bonds. The average Bonchev–Trinajstić information content (AvgIpc) is 3.42. The van der Waals surface area contributed by atoms with Gasteiger partial charge in [0.05, 0.1) is 10.6 Å². The van der Waals surface area contributed by atoms with Crippen molar-refractivity contribution < 1.29 is 18.3 Å². The Morgan fingerprint density at radius 3 is 2.44 bits per heavy atom. The van der Waals surface area contributed by atoms with Crippen LogP contribution < -0.4 is 20.4 Å². The number of hydrogen-bond donors (Lipinski definition) is 3. The van der Waals surface area contributed by atoms with E-state index < -0.39 is 15.8 Å². The van der Waals surface area contributed by atoms with Crippen LogP contribution in [0.25, 0.3) is 0 Å². The molecule has 36 heavy (non-hydrogen) atoms. The maximum Gasteiger partial charge on any atom is 0.347 e. The van der Waals surface area contributed by atoms with E-state index in [4.69, 9.17) is 9.97 Å². The number of carbonyl (C=O) groups is 1. The Labute approximate surface area is 213 Å². The van der Waals surface area contributed by atoms with Crippen LogP contribution in [-0.4, -0.2) is 73.4 Å². The van der Waals surface area contributed by atoms with Crippen molar-refractivity contribution >= 4 is 49.9 Å². The Bertz CT molecular complexity index is 1400. The number of aromatic nitrogens is 3. The largest absolute Gasteiger partial charge is 0.477 e. The van der Waals surface area contributed by atoms with Gasteiger partial charge in [0.25, 0.3) is 0 Å². The van der Waals surface area contributed by atoms with Crippen LogP contribution in [0.1, 0.15) is 26.5 Å². The third kappa shape index (κ3) is 4.99. The number of benzene rings is 1. The van der Waals surface area contributed by atoms with Crippen molar-refractivity contribution in [1.29, 1.82) is 0 Å². The minimum Gasteiger partial charge on any atom is -0.477 e.